The number of aliphatic carboxylic acids is 1. The molecule has 0 aliphatic carbocycles. The van der Waals surface area contributed by atoms with Gasteiger partial charge in [-0.3, -0.25) is 0 Å². The molecule has 0 aromatic heterocycles. The zero-order valence-electron chi connectivity index (χ0n) is 14.2. The van der Waals surface area contributed by atoms with E-state index in [2.05, 4.69) is 5.32 Å². The van der Waals surface area contributed by atoms with Crippen molar-refractivity contribution in [2.75, 3.05) is 13.7 Å². The van der Waals surface area contributed by atoms with Crippen LogP contribution in [0.4, 0.5) is 0 Å². The highest BCUT2D eigenvalue weighted by Gasteiger charge is 2.38. The van der Waals surface area contributed by atoms with Gasteiger partial charge in [-0.05, 0) is 25.5 Å². The van der Waals surface area contributed by atoms with E-state index in [1.165, 1.54) is 7.11 Å². The van der Waals surface area contributed by atoms with Crippen molar-refractivity contribution in [3.8, 4) is 5.75 Å². The topological polar surface area (TPSA) is 94.1 Å². The predicted molar refractivity (Wildman–Crippen MR) is 87.7 cm³/mol. The smallest absolute Gasteiger partial charge is 0.336 e. The monoisotopic (exact) mass is 345 g/mol. The van der Waals surface area contributed by atoms with E-state index in [1.54, 1.807) is 26.0 Å². The van der Waals surface area contributed by atoms with Gasteiger partial charge in [0, 0.05) is 23.4 Å². The van der Waals surface area contributed by atoms with Crippen molar-refractivity contribution in [1.29, 1.82) is 0 Å². The minimum atomic E-state index is -1.09. The lowest BCUT2D eigenvalue weighted by Gasteiger charge is -2.31. The number of carboxylic acids is 1. The normalized spacial score (nSPS) is 19.7. The number of benzene rings is 1. The van der Waals surface area contributed by atoms with Crippen molar-refractivity contribution in [3.05, 3.63) is 51.9 Å². The fraction of sp³-hybridized carbons (Fsp3) is 0.333. The van der Waals surface area contributed by atoms with Gasteiger partial charge in [-0.1, -0.05) is 12.1 Å². The van der Waals surface area contributed by atoms with Gasteiger partial charge < -0.3 is 20.0 Å². The van der Waals surface area contributed by atoms with Crippen molar-refractivity contribution in [1.82, 2.24) is 5.32 Å². The van der Waals surface area contributed by atoms with Crippen LogP contribution in [0.3, 0.4) is 0 Å². The summed E-state index contributed by atoms with van der Waals surface area (Å²) in [5.74, 6) is -1.87. The quantitative estimate of drug-likeness (QED) is 0.639. The number of ether oxygens (including phenoxy) is 1. The maximum atomic E-state index is 12.4. The van der Waals surface area contributed by atoms with Gasteiger partial charge >= 0.3 is 11.9 Å². The SMILES string of the molecule is COC(=O)C1=C(C)NC(C)=C(C(=O)O)C1c1cccc2c1CCOO2. The number of nitrogens with one attached hydrogen (secondary N) is 1. The highest BCUT2D eigenvalue weighted by molar-refractivity contribution is 5.99. The lowest BCUT2D eigenvalue weighted by atomic mass is 9.78. The summed E-state index contributed by atoms with van der Waals surface area (Å²) in [7, 11) is 1.28. The average molecular weight is 345 g/mol. The Bertz CT molecular complexity index is 808. The molecule has 0 radical (unpaired) electrons. The average Bonchev–Trinajstić information content (AvgIpc) is 2.59. The molecule has 0 fully saturated rings. The van der Waals surface area contributed by atoms with E-state index in [1.807, 2.05) is 6.07 Å². The van der Waals surface area contributed by atoms with Gasteiger partial charge in [0.15, 0.2) is 5.75 Å². The molecule has 3 rings (SSSR count). The Labute approximate surface area is 144 Å². The number of esters is 1. The van der Waals surface area contributed by atoms with Gasteiger partial charge in [-0.2, -0.15) is 4.89 Å². The Balaban J connectivity index is 2.25. The Morgan fingerprint density at radius 2 is 1.96 bits per heavy atom. The fourth-order valence-electron chi connectivity index (χ4n) is 3.42. The number of hydrogen-bond acceptors (Lipinski definition) is 6. The Morgan fingerprint density at radius 1 is 1.24 bits per heavy atom. The van der Waals surface area contributed by atoms with Crippen molar-refractivity contribution in [2.45, 2.75) is 26.2 Å². The third-order valence-electron chi connectivity index (χ3n) is 4.46. The summed E-state index contributed by atoms with van der Waals surface area (Å²) in [5.41, 5.74) is 3.01. The van der Waals surface area contributed by atoms with Crippen LogP contribution in [-0.2, 0) is 25.6 Å². The molecule has 132 valence electrons. The lowest BCUT2D eigenvalue weighted by Crippen LogP contribution is -2.32. The van der Waals surface area contributed by atoms with E-state index in [0.717, 1.165) is 5.56 Å². The molecule has 2 N–H and O–H groups in total. The highest BCUT2D eigenvalue weighted by atomic mass is 17.2. The molecule has 0 bridgehead atoms. The van der Waals surface area contributed by atoms with Crippen molar-refractivity contribution in [3.63, 3.8) is 0 Å². The van der Waals surface area contributed by atoms with Gasteiger partial charge in [0.2, 0.25) is 0 Å². The molecular formula is C18H19NO6. The van der Waals surface area contributed by atoms with Gasteiger partial charge in [-0.15, -0.1) is 0 Å². The zero-order valence-corrected chi connectivity index (χ0v) is 14.2. The summed E-state index contributed by atoms with van der Waals surface area (Å²) in [6.07, 6.45) is 0.564. The first-order chi connectivity index (χ1) is 12.0. The van der Waals surface area contributed by atoms with Crippen LogP contribution in [0.5, 0.6) is 5.75 Å². The second-order valence-corrected chi connectivity index (χ2v) is 5.91. The van der Waals surface area contributed by atoms with E-state index in [0.29, 0.717) is 35.7 Å². The molecule has 0 amide bonds. The molecule has 2 aliphatic rings. The van der Waals surface area contributed by atoms with Crippen molar-refractivity contribution >= 4 is 11.9 Å². The first-order valence-corrected chi connectivity index (χ1v) is 7.87. The van der Waals surface area contributed by atoms with Crippen LogP contribution >= 0.6 is 0 Å². The second kappa shape index (κ2) is 6.60. The standard InChI is InChI=1S/C18H19NO6/c1-9-14(17(20)21)16(15(10(2)19-9)18(22)23-3)12-5-4-6-13-11(12)7-8-24-25-13/h4-6,16,19H,7-8H2,1-3H3,(H,20,21). The Hall–Kier alpha value is -2.80. The highest BCUT2D eigenvalue weighted by Crippen LogP contribution is 2.42. The van der Waals surface area contributed by atoms with E-state index >= 15 is 0 Å². The fourth-order valence-corrected chi connectivity index (χ4v) is 3.42. The zero-order chi connectivity index (χ0) is 18.1. The molecule has 0 saturated heterocycles. The second-order valence-electron chi connectivity index (χ2n) is 5.91. The van der Waals surface area contributed by atoms with Crippen LogP contribution in [0, 0.1) is 0 Å². The van der Waals surface area contributed by atoms with Crippen LogP contribution in [0.2, 0.25) is 0 Å². The predicted octanol–water partition coefficient (Wildman–Crippen LogP) is 2.05. The molecule has 0 spiro atoms. The van der Waals surface area contributed by atoms with Crippen molar-refractivity contribution in [2.24, 2.45) is 0 Å². The van der Waals surface area contributed by atoms with E-state index in [-0.39, 0.29) is 11.1 Å². The van der Waals surface area contributed by atoms with Crippen LogP contribution in [0.15, 0.2) is 40.7 Å². The minimum Gasteiger partial charge on any atom is -0.478 e. The number of carbonyl (C=O) groups excluding carboxylic acids is 1. The molecule has 2 heterocycles. The molecular weight excluding hydrogens is 326 g/mol. The molecule has 1 atom stereocenters. The van der Waals surface area contributed by atoms with Gasteiger partial charge in [0.25, 0.3) is 0 Å². The summed E-state index contributed by atoms with van der Waals surface area (Å²) >= 11 is 0. The van der Waals surface area contributed by atoms with Crippen LogP contribution in [0.25, 0.3) is 0 Å². The van der Waals surface area contributed by atoms with E-state index < -0.39 is 17.9 Å². The Morgan fingerprint density at radius 3 is 2.64 bits per heavy atom. The summed E-state index contributed by atoms with van der Waals surface area (Å²) < 4.78 is 4.91. The number of carbonyl (C=O) groups is 2. The lowest BCUT2D eigenvalue weighted by molar-refractivity contribution is -0.215. The molecule has 2 aliphatic heterocycles. The van der Waals surface area contributed by atoms with Gasteiger partial charge in [-0.25, -0.2) is 9.59 Å². The summed E-state index contributed by atoms with van der Waals surface area (Å²) in [6.45, 7) is 3.77. The molecule has 1 aromatic rings. The first kappa shape index (κ1) is 17.0. The molecule has 7 heteroatoms. The Kier molecular flexibility index (Phi) is 4.50. The summed E-state index contributed by atoms with van der Waals surface area (Å²) in [6, 6.07) is 5.32. The summed E-state index contributed by atoms with van der Waals surface area (Å²) in [4.78, 5) is 34.6. The first-order valence-electron chi connectivity index (χ1n) is 7.87. The van der Waals surface area contributed by atoms with Crippen molar-refractivity contribution < 1.29 is 29.2 Å². The van der Waals surface area contributed by atoms with E-state index in [4.69, 9.17) is 14.5 Å². The molecule has 1 aromatic carbocycles. The third kappa shape index (κ3) is 2.87. The van der Waals surface area contributed by atoms with Gasteiger partial charge in [0.05, 0.1) is 30.8 Å². The number of rotatable bonds is 3. The van der Waals surface area contributed by atoms with Crippen LogP contribution < -0.4 is 10.2 Å². The van der Waals surface area contributed by atoms with Crippen LogP contribution in [-0.4, -0.2) is 30.8 Å². The number of methoxy groups -OCH3 is 1. The third-order valence-corrected chi connectivity index (χ3v) is 4.46. The largest absolute Gasteiger partial charge is 0.478 e. The number of dihydropyridines is 1. The summed E-state index contributed by atoms with van der Waals surface area (Å²) in [5, 5.41) is 12.8. The molecule has 7 nitrogen and oxygen atoms in total. The maximum Gasteiger partial charge on any atom is 0.336 e. The number of carboxylic acid groups (broad SMARTS) is 1. The minimum absolute atomic E-state index is 0.117. The van der Waals surface area contributed by atoms with Gasteiger partial charge in [0.1, 0.15) is 0 Å². The van der Waals surface area contributed by atoms with E-state index in [9.17, 15) is 14.7 Å². The number of hydrogen-bond donors (Lipinski definition) is 2. The molecule has 0 saturated carbocycles. The number of fused-ring (bicyclic) bond motifs is 1. The maximum absolute atomic E-state index is 12.4. The van der Waals surface area contributed by atoms with Crippen LogP contribution in [0.1, 0.15) is 30.9 Å². The molecule has 1 unspecified atom stereocenters. The molecule has 25 heavy (non-hydrogen) atoms. The number of allylic oxidation sites excluding steroid dienone is 2.